The molecule has 0 bridgehead atoms. The van der Waals surface area contributed by atoms with Crippen LogP contribution in [0.3, 0.4) is 0 Å². The lowest BCUT2D eigenvalue weighted by molar-refractivity contribution is -0.119. The van der Waals surface area contributed by atoms with E-state index in [0.29, 0.717) is 16.1 Å². The number of carbonyl (C=O) groups is 1. The van der Waals surface area contributed by atoms with Gasteiger partial charge in [0.05, 0.1) is 17.5 Å². The van der Waals surface area contributed by atoms with Gasteiger partial charge >= 0.3 is 0 Å². The summed E-state index contributed by atoms with van der Waals surface area (Å²) in [5, 5.41) is 16.0. The fraction of sp³-hybridized carbons (Fsp3) is 0.300. The molecule has 0 saturated heterocycles. The van der Waals surface area contributed by atoms with E-state index in [9.17, 15) is 4.79 Å². The Morgan fingerprint density at radius 1 is 1.14 bits per heavy atom. The second kappa shape index (κ2) is 9.21. The zero-order chi connectivity index (χ0) is 20.1. The molecular weight excluding hydrogens is 394 g/mol. The number of benzene rings is 2. The Kier molecular flexibility index (Phi) is 6.70. The summed E-state index contributed by atoms with van der Waals surface area (Å²) in [5.41, 5.74) is 3.07. The van der Waals surface area contributed by atoms with Gasteiger partial charge in [0, 0.05) is 5.02 Å². The molecule has 0 spiro atoms. The van der Waals surface area contributed by atoms with Gasteiger partial charge in [-0.15, -0.1) is 5.10 Å². The first-order valence-corrected chi connectivity index (χ1v) is 10.4. The van der Waals surface area contributed by atoms with Crippen molar-refractivity contribution < 1.29 is 4.79 Å². The van der Waals surface area contributed by atoms with E-state index in [1.54, 1.807) is 4.68 Å². The molecule has 1 atom stereocenters. The van der Waals surface area contributed by atoms with Crippen LogP contribution in [0, 0.1) is 0 Å². The molecule has 0 fully saturated rings. The molecule has 0 aliphatic rings. The molecule has 1 amide bonds. The summed E-state index contributed by atoms with van der Waals surface area (Å²) in [6.45, 7) is 6.22. The molecule has 3 aromatic rings. The van der Waals surface area contributed by atoms with Gasteiger partial charge in [-0.05, 0) is 58.7 Å². The highest BCUT2D eigenvalue weighted by molar-refractivity contribution is 7.99. The van der Waals surface area contributed by atoms with E-state index < -0.39 is 0 Å². The minimum absolute atomic E-state index is 0.0952. The van der Waals surface area contributed by atoms with Gasteiger partial charge in [-0.2, -0.15) is 4.68 Å². The second-order valence-electron chi connectivity index (χ2n) is 6.75. The molecule has 0 aliphatic carbocycles. The van der Waals surface area contributed by atoms with Crippen molar-refractivity contribution in [2.75, 3.05) is 5.75 Å². The fourth-order valence-corrected chi connectivity index (χ4v) is 3.60. The Balaban J connectivity index is 1.61. The van der Waals surface area contributed by atoms with E-state index in [1.807, 2.05) is 43.3 Å². The summed E-state index contributed by atoms with van der Waals surface area (Å²) in [5.74, 6) is 0.583. The van der Waals surface area contributed by atoms with E-state index >= 15 is 0 Å². The SMILES string of the molecule is CC(C)c1ccc(-n2nnnc2SCC(=O)N[C@@H](C)c2cccc(Cl)c2)cc1. The van der Waals surface area contributed by atoms with Crippen LogP contribution in [0.15, 0.2) is 53.7 Å². The molecule has 2 aromatic carbocycles. The standard InChI is InChI=1S/C20H22ClN5OS/c1-13(2)15-7-9-18(10-8-15)26-20(23-24-25-26)28-12-19(27)22-14(3)16-5-4-6-17(21)11-16/h4-11,13-14H,12H2,1-3H3,(H,22,27)/t14-/m0/s1. The summed E-state index contributed by atoms with van der Waals surface area (Å²) < 4.78 is 1.64. The Hall–Kier alpha value is -2.38. The summed E-state index contributed by atoms with van der Waals surface area (Å²) in [6, 6.07) is 15.4. The topological polar surface area (TPSA) is 72.7 Å². The highest BCUT2D eigenvalue weighted by Gasteiger charge is 2.14. The highest BCUT2D eigenvalue weighted by atomic mass is 35.5. The first-order chi connectivity index (χ1) is 13.4. The lowest BCUT2D eigenvalue weighted by Gasteiger charge is -2.14. The number of tetrazole rings is 1. The van der Waals surface area contributed by atoms with Crippen molar-refractivity contribution in [3.05, 3.63) is 64.7 Å². The number of carbonyl (C=O) groups excluding carboxylic acids is 1. The predicted octanol–water partition coefficient (Wildman–Crippen LogP) is 4.41. The number of nitrogens with one attached hydrogen (secondary N) is 1. The Morgan fingerprint density at radius 2 is 1.89 bits per heavy atom. The van der Waals surface area contributed by atoms with E-state index in [-0.39, 0.29) is 17.7 Å². The molecule has 28 heavy (non-hydrogen) atoms. The normalized spacial score (nSPS) is 12.2. The van der Waals surface area contributed by atoms with Crippen LogP contribution in [-0.4, -0.2) is 31.9 Å². The lowest BCUT2D eigenvalue weighted by Crippen LogP contribution is -2.28. The zero-order valence-corrected chi connectivity index (χ0v) is 17.5. The minimum atomic E-state index is -0.133. The van der Waals surface area contributed by atoms with Crippen LogP contribution in [0.4, 0.5) is 0 Å². The van der Waals surface area contributed by atoms with Crippen LogP contribution >= 0.6 is 23.4 Å². The molecule has 1 heterocycles. The van der Waals surface area contributed by atoms with Crippen molar-refractivity contribution in [1.82, 2.24) is 25.5 Å². The maximum absolute atomic E-state index is 12.3. The van der Waals surface area contributed by atoms with E-state index in [1.165, 1.54) is 17.3 Å². The van der Waals surface area contributed by atoms with Crippen LogP contribution in [0.2, 0.25) is 5.02 Å². The minimum Gasteiger partial charge on any atom is -0.349 e. The molecule has 6 nitrogen and oxygen atoms in total. The number of thioether (sulfide) groups is 1. The number of nitrogens with zero attached hydrogens (tertiary/aromatic N) is 4. The molecule has 0 unspecified atom stereocenters. The van der Waals surface area contributed by atoms with Gasteiger partial charge in [-0.25, -0.2) is 0 Å². The van der Waals surface area contributed by atoms with Crippen LogP contribution in [0.5, 0.6) is 0 Å². The molecule has 1 aromatic heterocycles. The van der Waals surface area contributed by atoms with Gasteiger partial charge in [0.1, 0.15) is 0 Å². The Bertz CT molecular complexity index is 942. The van der Waals surface area contributed by atoms with Crippen molar-refractivity contribution in [3.8, 4) is 5.69 Å². The lowest BCUT2D eigenvalue weighted by atomic mass is 10.0. The van der Waals surface area contributed by atoms with E-state index in [0.717, 1.165) is 11.3 Å². The molecule has 146 valence electrons. The number of amides is 1. The van der Waals surface area contributed by atoms with Gasteiger partial charge in [0.2, 0.25) is 11.1 Å². The third-order valence-corrected chi connectivity index (χ3v) is 5.46. The summed E-state index contributed by atoms with van der Waals surface area (Å²) in [7, 11) is 0. The Morgan fingerprint density at radius 3 is 2.57 bits per heavy atom. The van der Waals surface area contributed by atoms with Gasteiger partial charge < -0.3 is 5.32 Å². The van der Waals surface area contributed by atoms with Crippen molar-refractivity contribution in [1.29, 1.82) is 0 Å². The van der Waals surface area contributed by atoms with Gasteiger partial charge in [0.25, 0.3) is 0 Å². The first-order valence-electron chi connectivity index (χ1n) is 9.00. The van der Waals surface area contributed by atoms with Crippen LogP contribution < -0.4 is 5.32 Å². The van der Waals surface area contributed by atoms with Gasteiger partial charge in [-0.3, -0.25) is 4.79 Å². The van der Waals surface area contributed by atoms with Crippen molar-refractivity contribution in [2.24, 2.45) is 0 Å². The van der Waals surface area contributed by atoms with Crippen molar-refractivity contribution in [2.45, 2.75) is 37.9 Å². The highest BCUT2D eigenvalue weighted by Crippen LogP contribution is 2.21. The van der Waals surface area contributed by atoms with E-state index in [4.69, 9.17) is 11.6 Å². The Labute approximate surface area is 173 Å². The second-order valence-corrected chi connectivity index (χ2v) is 8.13. The summed E-state index contributed by atoms with van der Waals surface area (Å²) >= 11 is 7.31. The van der Waals surface area contributed by atoms with E-state index in [2.05, 4.69) is 46.8 Å². The fourth-order valence-electron chi connectivity index (χ4n) is 2.70. The van der Waals surface area contributed by atoms with Crippen LogP contribution in [-0.2, 0) is 4.79 Å². The summed E-state index contributed by atoms with van der Waals surface area (Å²) in [6.07, 6.45) is 0. The number of hydrogen-bond donors (Lipinski definition) is 1. The van der Waals surface area contributed by atoms with Crippen molar-refractivity contribution in [3.63, 3.8) is 0 Å². The summed E-state index contributed by atoms with van der Waals surface area (Å²) in [4.78, 5) is 12.3. The number of aromatic nitrogens is 4. The average molecular weight is 416 g/mol. The quantitative estimate of drug-likeness (QED) is 0.578. The van der Waals surface area contributed by atoms with Gasteiger partial charge in [-0.1, -0.05) is 61.5 Å². The monoisotopic (exact) mass is 415 g/mol. The van der Waals surface area contributed by atoms with Crippen molar-refractivity contribution >= 4 is 29.3 Å². The van der Waals surface area contributed by atoms with Crippen LogP contribution in [0.25, 0.3) is 5.69 Å². The maximum atomic E-state index is 12.3. The predicted molar refractivity (Wildman–Crippen MR) is 112 cm³/mol. The van der Waals surface area contributed by atoms with Gasteiger partial charge in [0.15, 0.2) is 0 Å². The smallest absolute Gasteiger partial charge is 0.230 e. The molecule has 1 N–H and O–H groups in total. The molecule has 3 rings (SSSR count). The van der Waals surface area contributed by atoms with Crippen LogP contribution in [0.1, 0.15) is 43.9 Å². The molecular formula is C20H22ClN5OS. The third-order valence-electron chi connectivity index (χ3n) is 4.30. The molecule has 0 saturated carbocycles. The third kappa shape index (κ3) is 5.11. The number of rotatable bonds is 7. The molecule has 0 radical (unpaired) electrons. The first kappa shape index (κ1) is 20.4. The maximum Gasteiger partial charge on any atom is 0.230 e. The zero-order valence-electron chi connectivity index (χ0n) is 16.0. The number of hydrogen-bond acceptors (Lipinski definition) is 5. The largest absolute Gasteiger partial charge is 0.349 e. The molecule has 0 aliphatic heterocycles. The molecule has 8 heteroatoms. The number of halogens is 1. The average Bonchev–Trinajstić information content (AvgIpc) is 3.15.